The first-order chi connectivity index (χ1) is 10.4. The van der Waals surface area contributed by atoms with Crippen molar-refractivity contribution in [2.75, 3.05) is 5.32 Å². The molecule has 1 aliphatic rings. The maximum Gasteiger partial charge on any atom is 0.573 e. The standard InChI is InChI=1S/C17H16F3NO/c1-11-8-9-15-14(6-3-7-16(15)21-11)12-4-2-5-13(10-12)22-17(18,19)20/h2-7,10-11,21H,8-9H2,1H3. The number of benzene rings is 2. The topological polar surface area (TPSA) is 21.3 Å². The number of hydrogen-bond acceptors (Lipinski definition) is 2. The van der Waals surface area contributed by atoms with E-state index in [4.69, 9.17) is 0 Å². The molecule has 1 aliphatic heterocycles. The van der Waals surface area contributed by atoms with Crippen molar-refractivity contribution in [3.8, 4) is 16.9 Å². The van der Waals surface area contributed by atoms with Gasteiger partial charge in [0, 0.05) is 11.7 Å². The molecule has 2 aromatic carbocycles. The number of anilines is 1. The number of alkyl halides is 3. The van der Waals surface area contributed by atoms with Crippen LogP contribution < -0.4 is 10.1 Å². The fraction of sp³-hybridized carbons (Fsp3) is 0.294. The SMILES string of the molecule is CC1CCc2c(cccc2-c2cccc(OC(F)(F)F)c2)N1. The van der Waals surface area contributed by atoms with Gasteiger partial charge in [-0.1, -0.05) is 24.3 Å². The minimum absolute atomic E-state index is 0.195. The van der Waals surface area contributed by atoms with Crippen molar-refractivity contribution in [2.24, 2.45) is 0 Å². The monoisotopic (exact) mass is 307 g/mol. The highest BCUT2D eigenvalue weighted by atomic mass is 19.4. The molecule has 0 saturated carbocycles. The van der Waals surface area contributed by atoms with Gasteiger partial charge in [-0.2, -0.15) is 0 Å². The van der Waals surface area contributed by atoms with Gasteiger partial charge in [-0.15, -0.1) is 13.2 Å². The number of ether oxygens (including phenoxy) is 1. The number of halogens is 3. The van der Waals surface area contributed by atoms with Crippen LogP contribution in [0.4, 0.5) is 18.9 Å². The lowest BCUT2D eigenvalue weighted by molar-refractivity contribution is -0.274. The molecule has 22 heavy (non-hydrogen) atoms. The summed E-state index contributed by atoms with van der Waals surface area (Å²) < 4.78 is 41.1. The van der Waals surface area contributed by atoms with E-state index in [1.54, 1.807) is 12.1 Å². The number of nitrogens with one attached hydrogen (secondary N) is 1. The highest BCUT2D eigenvalue weighted by molar-refractivity contribution is 5.75. The molecule has 0 saturated heterocycles. The normalized spacial score (nSPS) is 17.5. The van der Waals surface area contributed by atoms with E-state index in [9.17, 15) is 13.2 Å². The molecule has 1 N–H and O–H groups in total. The van der Waals surface area contributed by atoms with Crippen LogP contribution >= 0.6 is 0 Å². The summed E-state index contributed by atoms with van der Waals surface area (Å²) in [6.45, 7) is 2.12. The predicted octanol–water partition coefficient (Wildman–Crippen LogP) is 5.00. The van der Waals surface area contributed by atoms with Gasteiger partial charge in [0.1, 0.15) is 5.75 Å². The quantitative estimate of drug-likeness (QED) is 0.843. The molecule has 1 unspecified atom stereocenters. The Hall–Kier alpha value is -2.17. The van der Waals surface area contributed by atoms with E-state index in [0.717, 1.165) is 35.2 Å². The van der Waals surface area contributed by atoms with Crippen LogP contribution in [0.1, 0.15) is 18.9 Å². The van der Waals surface area contributed by atoms with Crippen molar-refractivity contribution in [1.29, 1.82) is 0 Å². The molecule has 1 atom stereocenters. The summed E-state index contributed by atoms with van der Waals surface area (Å²) in [6, 6.07) is 12.4. The summed E-state index contributed by atoms with van der Waals surface area (Å²) in [4.78, 5) is 0. The molecule has 0 bridgehead atoms. The van der Waals surface area contributed by atoms with E-state index in [1.165, 1.54) is 12.1 Å². The molecule has 2 aromatic rings. The van der Waals surface area contributed by atoms with Gasteiger partial charge in [-0.25, -0.2) is 0 Å². The molecule has 0 spiro atoms. The van der Waals surface area contributed by atoms with Crippen LogP contribution in [0, 0.1) is 0 Å². The third kappa shape index (κ3) is 3.18. The Morgan fingerprint density at radius 3 is 2.68 bits per heavy atom. The highest BCUT2D eigenvalue weighted by Crippen LogP contribution is 2.35. The number of fused-ring (bicyclic) bond motifs is 1. The minimum atomic E-state index is -4.67. The van der Waals surface area contributed by atoms with E-state index >= 15 is 0 Å². The fourth-order valence-electron chi connectivity index (χ4n) is 2.82. The summed E-state index contributed by atoms with van der Waals surface area (Å²) in [5.74, 6) is -0.195. The average molecular weight is 307 g/mol. The Balaban J connectivity index is 1.98. The van der Waals surface area contributed by atoms with Gasteiger partial charge in [0.05, 0.1) is 0 Å². The maximum absolute atomic E-state index is 12.4. The molecular formula is C17H16F3NO. The second kappa shape index (κ2) is 5.55. The van der Waals surface area contributed by atoms with E-state index in [2.05, 4.69) is 17.0 Å². The lowest BCUT2D eigenvalue weighted by atomic mass is 9.91. The van der Waals surface area contributed by atoms with Crippen molar-refractivity contribution in [2.45, 2.75) is 32.2 Å². The van der Waals surface area contributed by atoms with Gasteiger partial charge >= 0.3 is 6.36 Å². The smallest absolute Gasteiger partial charge is 0.406 e. The third-order valence-electron chi connectivity index (χ3n) is 3.78. The fourth-order valence-corrected chi connectivity index (χ4v) is 2.82. The Labute approximate surface area is 126 Å². The van der Waals surface area contributed by atoms with Gasteiger partial charge in [-0.3, -0.25) is 0 Å². The molecule has 3 rings (SSSR count). The van der Waals surface area contributed by atoms with E-state index in [1.807, 2.05) is 18.2 Å². The summed E-state index contributed by atoms with van der Waals surface area (Å²) in [7, 11) is 0. The van der Waals surface area contributed by atoms with Crippen molar-refractivity contribution in [3.05, 3.63) is 48.0 Å². The predicted molar refractivity (Wildman–Crippen MR) is 80.0 cm³/mol. The van der Waals surface area contributed by atoms with Crippen LogP contribution in [-0.4, -0.2) is 12.4 Å². The average Bonchev–Trinajstić information content (AvgIpc) is 2.44. The van der Waals surface area contributed by atoms with Gasteiger partial charge in [-0.05, 0) is 54.7 Å². The highest BCUT2D eigenvalue weighted by Gasteiger charge is 2.31. The van der Waals surface area contributed by atoms with Gasteiger partial charge in [0.25, 0.3) is 0 Å². The van der Waals surface area contributed by atoms with Gasteiger partial charge in [0.15, 0.2) is 0 Å². The van der Waals surface area contributed by atoms with Crippen LogP contribution in [0.5, 0.6) is 5.75 Å². The molecule has 5 heteroatoms. The van der Waals surface area contributed by atoms with Crippen molar-refractivity contribution < 1.29 is 17.9 Å². The first-order valence-electron chi connectivity index (χ1n) is 7.17. The van der Waals surface area contributed by atoms with E-state index < -0.39 is 6.36 Å². The molecule has 0 amide bonds. The maximum atomic E-state index is 12.4. The summed E-state index contributed by atoms with van der Waals surface area (Å²) in [6.07, 6.45) is -2.77. The van der Waals surface area contributed by atoms with Gasteiger partial charge < -0.3 is 10.1 Å². The second-order valence-corrected chi connectivity index (χ2v) is 5.49. The third-order valence-corrected chi connectivity index (χ3v) is 3.78. The van der Waals surface area contributed by atoms with Crippen LogP contribution in [0.15, 0.2) is 42.5 Å². The van der Waals surface area contributed by atoms with Crippen molar-refractivity contribution in [1.82, 2.24) is 0 Å². The van der Waals surface area contributed by atoms with Crippen LogP contribution in [-0.2, 0) is 6.42 Å². The molecule has 2 nitrogen and oxygen atoms in total. The first-order valence-corrected chi connectivity index (χ1v) is 7.17. The van der Waals surface area contributed by atoms with Crippen LogP contribution in [0.3, 0.4) is 0 Å². The van der Waals surface area contributed by atoms with Gasteiger partial charge in [0.2, 0.25) is 0 Å². The van der Waals surface area contributed by atoms with E-state index in [-0.39, 0.29) is 5.75 Å². The lowest BCUT2D eigenvalue weighted by Crippen LogP contribution is -2.22. The Morgan fingerprint density at radius 1 is 1.14 bits per heavy atom. The molecule has 0 fully saturated rings. The lowest BCUT2D eigenvalue weighted by Gasteiger charge is -2.26. The summed E-state index contributed by atoms with van der Waals surface area (Å²) in [5, 5.41) is 3.41. The van der Waals surface area contributed by atoms with Crippen molar-refractivity contribution in [3.63, 3.8) is 0 Å². The second-order valence-electron chi connectivity index (χ2n) is 5.49. The number of hydrogen-bond donors (Lipinski definition) is 1. The molecule has 0 aromatic heterocycles. The molecule has 116 valence electrons. The van der Waals surface area contributed by atoms with Crippen molar-refractivity contribution >= 4 is 5.69 Å². The first kappa shape index (κ1) is 14.8. The zero-order valence-corrected chi connectivity index (χ0v) is 12.1. The van der Waals surface area contributed by atoms with E-state index in [0.29, 0.717) is 6.04 Å². The Bertz CT molecular complexity index is 682. The Kier molecular flexibility index (Phi) is 3.72. The molecule has 0 aliphatic carbocycles. The zero-order valence-electron chi connectivity index (χ0n) is 12.1. The van der Waals surface area contributed by atoms with Crippen LogP contribution in [0.2, 0.25) is 0 Å². The largest absolute Gasteiger partial charge is 0.573 e. The zero-order chi connectivity index (χ0) is 15.7. The summed E-state index contributed by atoms with van der Waals surface area (Å²) in [5.41, 5.74) is 3.88. The molecule has 0 radical (unpaired) electrons. The summed E-state index contributed by atoms with van der Waals surface area (Å²) >= 11 is 0. The Morgan fingerprint density at radius 2 is 1.91 bits per heavy atom. The van der Waals surface area contributed by atoms with Crippen LogP contribution in [0.25, 0.3) is 11.1 Å². The molecular weight excluding hydrogens is 291 g/mol. The number of rotatable bonds is 2. The minimum Gasteiger partial charge on any atom is -0.406 e. The molecule has 1 heterocycles.